The van der Waals surface area contributed by atoms with Crippen molar-refractivity contribution in [3.8, 4) is 0 Å². The molecule has 124 valence electrons. The molecule has 0 heterocycles. The summed E-state index contributed by atoms with van der Waals surface area (Å²) in [6, 6.07) is 0. The normalized spacial score (nSPS) is 9.90. The first kappa shape index (κ1) is 27.0. The first-order chi connectivity index (χ1) is 8.91. The summed E-state index contributed by atoms with van der Waals surface area (Å²) in [7, 11) is 0. The molecule has 0 aliphatic carbocycles. The fourth-order valence-corrected chi connectivity index (χ4v) is 2.62. The second-order valence-corrected chi connectivity index (χ2v) is 5.95. The Bertz CT molecular complexity index is 139. The van der Waals surface area contributed by atoms with Crippen LogP contribution in [0.1, 0.15) is 122 Å². The molecule has 0 nitrogen and oxygen atoms in total. The Labute approximate surface area is 189 Å². The molecule has 0 aromatic carbocycles. The van der Waals surface area contributed by atoms with Gasteiger partial charge < -0.3 is 1.43 Å². The van der Waals surface area contributed by atoms with Crippen molar-refractivity contribution in [3.63, 3.8) is 0 Å². The standard InChI is InChI=1S/C18H38.Al.K.3H2.4H/c1-3-5-7-9-11-13-15-17-18-16-14-12-10-8-6-4-2;;;;;;;;;/h3-18H2,1-2H3;;;3*1H;;;;/q;;+1;;;;;;;-1. The van der Waals surface area contributed by atoms with Crippen LogP contribution in [-0.2, 0) is 0 Å². The van der Waals surface area contributed by atoms with Crippen LogP contribution in [0.2, 0.25) is 0 Å². The fourth-order valence-electron chi connectivity index (χ4n) is 2.62. The number of hydrogen-bond donors (Lipinski definition) is 0. The maximum atomic E-state index is 2.29. The van der Waals surface area contributed by atoms with E-state index in [1.165, 1.54) is 103 Å². The summed E-state index contributed by atoms with van der Waals surface area (Å²) >= 11 is 0. The van der Waals surface area contributed by atoms with Gasteiger partial charge in [-0.25, -0.2) is 0 Å². The van der Waals surface area contributed by atoms with Crippen LogP contribution in [0.3, 0.4) is 0 Å². The van der Waals surface area contributed by atoms with Gasteiger partial charge in [0, 0.05) is 4.28 Å². The molecule has 0 fully saturated rings. The van der Waals surface area contributed by atoms with Crippen molar-refractivity contribution in [2.45, 2.75) is 117 Å². The maximum absolute atomic E-state index is 2.29. The SMILES string of the molecule is CCCCCCCCCCCCCCCCCC.[AlH3].[H-].[HH].[HH].[HH].[K+]. The van der Waals surface area contributed by atoms with E-state index in [4.69, 9.17) is 0 Å². The Balaban J connectivity index is -0.0000000963. The minimum absolute atomic E-state index is 0. The molecule has 0 aliphatic rings. The molecule has 0 atom stereocenters. The Kier molecular flexibility index (Phi) is 35.3. The fraction of sp³-hybridized carbons (Fsp3) is 1.00. The largest absolute Gasteiger partial charge is 1.00 e. The van der Waals surface area contributed by atoms with Crippen LogP contribution in [0, 0.1) is 0 Å². The summed E-state index contributed by atoms with van der Waals surface area (Å²) < 4.78 is 0. The second kappa shape index (κ2) is 26.1. The molecule has 0 aliphatic heterocycles. The third kappa shape index (κ3) is 25.1. The van der Waals surface area contributed by atoms with E-state index in [-0.39, 0.29) is 74.5 Å². The van der Waals surface area contributed by atoms with Gasteiger partial charge in [0.25, 0.3) is 0 Å². The predicted octanol–water partition coefficient (Wildman–Crippen LogP) is 3.94. The first-order valence-corrected chi connectivity index (χ1v) is 8.91. The van der Waals surface area contributed by atoms with Crippen molar-refractivity contribution in [1.29, 1.82) is 0 Å². The molecular weight excluding hydrogens is 282 g/mol. The van der Waals surface area contributed by atoms with Crippen LogP contribution >= 0.6 is 0 Å². The van der Waals surface area contributed by atoms with Gasteiger partial charge in [0.1, 0.15) is 0 Å². The van der Waals surface area contributed by atoms with E-state index >= 15 is 0 Å². The van der Waals surface area contributed by atoms with E-state index in [9.17, 15) is 0 Å². The van der Waals surface area contributed by atoms with Gasteiger partial charge in [0.2, 0.25) is 0 Å². The van der Waals surface area contributed by atoms with E-state index in [0.717, 1.165) is 0 Å². The van der Waals surface area contributed by atoms with Gasteiger partial charge >= 0.3 is 51.4 Å². The van der Waals surface area contributed by atoms with Crippen molar-refractivity contribution in [1.82, 2.24) is 0 Å². The average Bonchev–Trinajstić information content (AvgIpc) is 2.39. The van der Waals surface area contributed by atoms with Crippen LogP contribution in [0.25, 0.3) is 0 Å². The van der Waals surface area contributed by atoms with Crippen molar-refractivity contribution in [3.05, 3.63) is 0 Å². The zero-order chi connectivity index (χ0) is 13.3. The predicted molar refractivity (Wildman–Crippen MR) is 103 cm³/mol. The summed E-state index contributed by atoms with van der Waals surface area (Å²) in [6.07, 6.45) is 23.4. The van der Waals surface area contributed by atoms with Gasteiger partial charge in [-0.15, -0.1) is 0 Å². The van der Waals surface area contributed by atoms with Crippen molar-refractivity contribution in [2.75, 3.05) is 0 Å². The van der Waals surface area contributed by atoms with Gasteiger partial charge in [0.15, 0.2) is 17.4 Å². The second-order valence-electron chi connectivity index (χ2n) is 5.95. The Morgan fingerprint density at radius 2 is 0.600 bits per heavy atom. The molecular formula is C18H48AlK. The molecule has 0 aromatic rings. The molecule has 0 amide bonds. The quantitative estimate of drug-likeness (QED) is 0.315. The number of unbranched alkanes of at least 4 members (excludes halogenated alkanes) is 15. The molecule has 0 rings (SSSR count). The number of rotatable bonds is 15. The Morgan fingerprint density at radius 3 is 0.750 bits per heavy atom. The van der Waals surface area contributed by atoms with Crippen LogP contribution in [0.5, 0.6) is 0 Å². The Hall–Kier alpha value is 2.17. The van der Waals surface area contributed by atoms with E-state index < -0.39 is 0 Å². The van der Waals surface area contributed by atoms with Crippen LogP contribution < -0.4 is 51.4 Å². The van der Waals surface area contributed by atoms with E-state index in [1.807, 2.05) is 0 Å². The monoisotopic (exact) mass is 330 g/mol. The third-order valence-corrected chi connectivity index (χ3v) is 3.96. The summed E-state index contributed by atoms with van der Waals surface area (Å²) in [5, 5.41) is 0. The zero-order valence-corrected chi connectivity index (χ0v) is 17.4. The molecule has 0 bridgehead atoms. The van der Waals surface area contributed by atoms with Crippen molar-refractivity contribution < 1.29 is 57.1 Å². The zero-order valence-electron chi connectivity index (χ0n) is 15.3. The maximum Gasteiger partial charge on any atom is 1.00 e. The minimum atomic E-state index is 0. The topological polar surface area (TPSA) is 0 Å². The van der Waals surface area contributed by atoms with Crippen LogP contribution in [-0.4, -0.2) is 17.4 Å². The van der Waals surface area contributed by atoms with Crippen LogP contribution in [0.4, 0.5) is 0 Å². The number of hydrogen-bond acceptors (Lipinski definition) is 0. The van der Waals surface area contributed by atoms with Crippen molar-refractivity contribution >= 4 is 17.4 Å². The molecule has 0 saturated heterocycles. The smallest absolute Gasteiger partial charge is 1.00 e. The van der Waals surface area contributed by atoms with Gasteiger partial charge in [-0.1, -0.05) is 117 Å². The van der Waals surface area contributed by atoms with Gasteiger partial charge in [-0.3, -0.25) is 0 Å². The first-order valence-electron chi connectivity index (χ1n) is 8.91. The minimum Gasteiger partial charge on any atom is -1.00 e. The van der Waals surface area contributed by atoms with Gasteiger partial charge in [-0.05, 0) is 0 Å². The Morgan fingerprint density at radius 1 is 0.450 bits per heavy atom. The summed E-state index contributed by atoms with van der Waals surface area (Å²) in [5.74, 6) is 0. The third-order valence-electron chi connectivity index (χ3n) is 3.96. The van der Waals surface area contributed by atoms with Crippen LogP contribution in [0.15, 0.2) is 0 Å². The summed E-state index contributed by atoms with van der Waals surface area (Å²) in [6.45, 7) is 4.59. The molecule has 20 heavy (non-hydrogen) atoms. The van der Waals surface area contributed by atoms with E-state index in [2.05, 4.69) is 13.8 Å². The molecule has 0 N–H and O–H groups in total. The molecule has 0 radical (unpaired) electrons. The van der Waals surface area contributed by atoms with E-state index in [1.54, 1.807) is 0 Å². The molecule has 0 aromatic heterocycles. The van der Waals surface area contributed by atoms with Gasteiger partial charge in [0.05, 0.1) is 0 Å². The molecule has 0 unspecified atom stereocenters. The van der Waals surface area contributed by atoms with E-state index in [0.29, 0.717) is 0 Å². The van der Waals surface area contributed by atoms with Gasteiger partial charge in [-0.2, -0.15) is 0 Å². The summed E-state index contributed by atoms with van der Waals surface area (Å²) in [4.78, 5) is 0. The molecule has 2 heteroatoms. The average molecular weight is 331 g/mol. The molecule has 0 spiro atoms. The molecule has 0 saturated carbocycles. The summed E-state index contributed by atoms with van der Waals surface area (Å²) in [5.41, 5.74) is 0. The van der Waals surface area contributed by atoms with Crippen molar-refractivity contribution in [2.24, 2.45) is 0 Å².